The van der Waals surface area contributed by atoms with Crippen molar-refractivity contribution in [3.05, 3.63) is 36.5 Å². The van der Waals surface area contributed by atoms with Crippen LogP contribution in [0.25, 0.3) is 0 Å². The molecule has 66 heavy (non-hydrogen) atoms. The van der Waals surface area contributed by atoms with Gasteiger partial charge in [-0.3, -0.25) is 9.59 Å². The number of carbonyl (C=O) groups excluding carboxylic acids is 2. The van der Waals surface area contributed by atoms with Gasteiger partial charge in [0.05, 0.1) is 25.4 Å². The summed E-state index contributed by atoms with van der Waals surface area (Å²) in [5.74, 6) is -0.0677. The molecule has 0 rings (SSSR count). The fourth-order valence-electron chi connectivity index (χ4n) is 8.90. The highest BCUT2D eigenvalue weighted by atomic mass is 16.5. The number of amides is 1. The molecule has 0 saturated heterocycles. The summed E-state index contributed by atoms with van der Waals surface area (Å²) in [6.45, 7) is 4.91. The van der Waals surface area contributed by atoms with Crippen molar-refractivity contribution in [3.63, 3.8) is 0 Å². The molecule has 0 aliphatic rings. The Morgan fingerprint density at radius 3 is 1.20 bits per heavy atom. The Hall–Kier alpha value is -1.92. The number of esters is 1. The maximum absolute atomic E-state index is 12.5. The van der Waals surface area contributed by atoms with Crippen LogP contribution in [0.3, 0.4) is 0 Å². The maximum atomic E-state index is 12.5. The Morgan fingerprint density at radius 2 is 0.758 bits per heavy atom. The number of aliphatic hydroxyl groups is 2. The fourth-order valence-corrected chi connectivity index (χ4v) is 8.90. The number of nitrogens with one attached hydrogen (secondary N) is 1. The van der Waals surface area contributed by atoms with Gasteiger partial charge in [0.25, 0.3) is 0 Å². The van der Waals surface area contributed by atoms with Gasteiger partial charge < -0.3 is 20.3 Å². The number of unbranched alkanes of at least 4 members (excludes halogenated alkanes) is 37. The van der Waals surface area contributed by atoms with Gasteiger partial charge in [-0.25, -0.2) is 0 Å². The zero-order chi connectivity index (χ0) is 47.9. The SMILES string of the molecule is CCCCC/C=C\C/C=C\CCCCCCCC(=O)OCCCCCCCCC/C=C\CCCCCCCC(=O)NC(CO)C(O)CCCCCCCCCCCCCCCCCCCC. The Labute approximate surface area is 411 Å². The van der Waals surface area contributed by atoms with Crippen LogP contribution in [0.5, 0.6) is 0 Å². The largest absolute Gasteiger partial charge is 0.466 e. The van der Waals surface area contributed by atoms with Gasteiger partial charge in [0.2, 0.25) is 5.91 Å². The van der Waals surface area contributed by atoms with Crippen LogP contribution < -0.4 is 5.32 Å². The van der Waals surface area contributed by atoms with Crippen LogP contribution in [-0.4, -0.2) is 47.4 Å². The third kappa shape index (κ3) is 51.5. The van der Waals surface area contributed by atoms with Gasteiger partial charge >= 0.3 is 5.97 Å². The number of allylic oxidation sites excluding steroid dienone is 6. The standard InChI is InChI=1S/C60H113NO5/c1-3-5-7-9-11-13-15-17-19-20-21-25-28-32-36-40-44-48-52-58(63)57(56-62)61-59(64)53-49-45-41-37-33-29-26-22-23-27-31-35-39-43-47-51-55-66-60(65)54-50-46-42-38-34-30-24-18-16-14-12-10-8-6-4-2/h12,14,18,22,24,26,57-58,62-63H,3-11,13,15-17,19-21,23,25,27-56H2,1-2H3,(H,61,64)/b14-12-,24-18-,26-22-. The highest BCUT2D eigenvalue weighted by molar-refractivity contribution is 5.76. The highest BCUT2D eigenvalue weighted by Gasteiger charge is 2.20. The summed E-state index contributed by atoms with van der Waals surface area (Å²) in [5.41, 5.74) is 0. The van der Waals surface area contributed by atoms with Crippen molar-refractivity contribution in [2.24, 2.45) is 0 Å². The molecule has 2 unspecified atom stereocenters. The molecule has 3 N–H and O–H groups in total. The molecule has 0 spiro atoms. The van der Waals surface area contributed by atoms with E-state index in [1.54, 1.807) is 0 Å². The Balaban J connectivity index is 3.48. The van der Waals surface area contributed by atoms with Crippen LogP contribution in [-0.2, 0) is 14.3 Å². The van der Waals surface area contributed by atoms with Gasteiger partial charge in [0.1, 0.15) is 0 Å². The summed E-state index contributed by atoms with van der Waals surface area (Å²) in [6, 6.07) is -0.555. The van der Waals surface area contributed by atoms with E-state index in [1.165, 1.54) is 205 Å². The molecule has 0 saturated carbocycles. The molecule has 0 aromatic rings. The number of ether oxygens (including phenoxy) is 1. The monoisotopic (exact) mass is 928 g/mol. The predicted molar refractivity (Wildman–Crippen MR) is 287 cm³/mol. The summed E-state index contributed by atoms with van der Waals surface area (Å²) >= 11 is 0. The lowest BCUT2D eigenvalue weighted by molar-refractivity contribution is -0.143. The van der Waals surface area contributed by atoms with Crippen LogP contribution in [0.1, 0.15) is 309 Å². The molecule has 388 valence electrons. The molecule has 0 aromatic heterocycles. The van der Waals surface area contributed by atoms with Crippen molar-refractivity contribution in [3.8, 4) is 0 Å². The second-order valence-corrected chi connectivity index (χ2v) is 20.0. The van der Waals surface area contributed by atoms with E-state index in [9.17, 15) is 19.8 Å². The number of carbonyl (C=O) groups is 2. The molecular weight excluding hydrogens is 815 g/mol. The van der Waals surface area contributed by atoms with Crippen LogP contribution >= 0.6 is 0 Å². The lowest BCUT2D eigenvalue weighted by Crippen LogP contribution is -2.45. The van der Waals surface area contributed by atoms with E-state index in [4.69, 9.17) is 4.74 Å². The summed E-state index contributed by atoms with van der Waals surface area (Å²) in [4.78, 5) is 24.5. The second-order valence-electron chi connectivity index (χ2n) is 20.0. The number of hydrogen-bond acceptors (Lipinski definition) is 5. The summed E-state index contributed by atoms with van der Waals surface area (Å²) < 4.78 is 5.46. The number of rotatable bonds is 54. The number of hydrogen-bond donors (Lipinski definition) is 3. The van der Waals surface area contributed by atoms with Gasteiger partial charge in [-0.15, -0.1) is 0 Å². The Bertz CT molecular complexity index is 1070. The van der Waals surface area contributed by atoms with E-state index in [0.717, 1.165) is 70.6 Å². The van der Waals surface area contributed by atoms with E-state index in [1.807, 2.05) is 0 Å². The lowest BCUT2D eigenvalue weighted by Gasteiger charge is -2.22. The van der Waals surface area contributed by atoms with Crippen molar-refractivity contribution in [1.29, 1.82) is 0 Å². The van der Waals surface area contributed by atoms with Crippen LogP contribution in [0.15, 0.2) is 36.5 Å². The maximum Gasteiger partial charge on any atom is 0.305 e. The van der Waals surface area contributed by atoms with Crippen molar-refractivity contribution in [2.75, 3.05) is 13.2 Å². The van der Waals surface area contributed by atoms with Crippen LogP contribution in [0.2, 0.25) is 0 Å². The molecule has 0 radical (unpaired) electrons. The first kappa shape index (κ1) is 64.1. The molecule has 0 aromatic carbocycles. The van der Waals surface area contributed by atoms with E-state index in [0.29, 0.717) is 25.9 Å². The topological polar surface area (TPSA) is 95.9 Å². The molecule has 0 heterocycles. The second kappa shape index (κ2) is 55.7. The average Bonchev–Trinajstić information content (AvgIpc) is 3.32. The molecule has 6 heteroatoms. The minimum absolute atomic E-state index is 0.0167. The lowest BCUT2D eigenvalue weighted by atomic mass is 10.0. The van der Waals surface area contributed by atoms with E-state index >= 15 is 0 Å². The van der Waals surface area contributed by atoms with Crippen molar-refractivity contribution < 1.29 is 24.5 Å². The third-order valence-electron chi connectivity index (χ3n) is 13.4. The first-order valence-corrected chi connectivity index (χ1v) is 29.2. The molecule has 6 nitrogen and oxygen atoms in total. The molecule has 1 amide bonds. The Kier molecular flexibility index (Phi) is 54.1. The summed E-state index contributed by atoms with van der Waals surface area (Å²) in [6.07, 6.45) is 68.4. The molecule has 0 aliphatic carbocycles. The van der Waals surface area contributed by atoms with Crippen molar-refractivity contribution >= 4 is 11.9 Å². The molecule has 0 bridgehead atoms. The van der Waals surface area contributed by atoms with Crippen molar-refractivity contribution in [2.45, 2.75) is 321 Å². The van der Waals surface area contributed by atoms with Gasteiger partial charge in [0.15, 0.2) is 0 Å². The average molecular weight is 929 g/mol. The summed E-state index contributed by atoms with van der Waals surface area (Å²) in [5, 5.41) is 23.3. The molecule has 0 fully saturated rings. The fraction of sp³-hybridized carbons (Fsp3) is 0.867. The number of aliphatic hydroxyl groups excluding tert-OH is 2. The normalized spacial score (nSPS) is 12.8. The van der Waals surface area contributed by atoms with Gasteiger partial charge in [0, 0.05) is 12.8 Å². The quantitative estimate of drug-likeness (QED) is 0.0321. The molecular formula is C60H113NO5. The first-order chi connectivity index (χ1) is 32.5. The van der Waals surface area contributed by atoms with Gasteiger partial charge in [-0.1, -0.05) is 249 Å². The van der Waals surface area contributed by atoms with Crippen LogP contribution in [0, 0.1) is 0 Å². The van der Waals surface area contributed by atoms with Gasteiger partial charge in [-0.05, 0) is 83.5 Å². The summed E-state index contributed by atoms with van der Waals surface area (Å²) in [7, 11) is 0. The van der Waals surface area contributed by atoms with E-state index in [-0.39, 0.29) is 18.5 Å². The Morgan fingerprint density at radius 1 is 0.424 bits per heavy atom. The predicted octanol–water partition coefficient (Wildman–Crippen LogP) is 18.0. The third-order valence-corrected chi connectivity index (χ3v) is 13.4. The van der Waals surface area contributed by atoms with E-state index in [2.05, 4.69) is 55.6 Å². The molecule has 0 aliphatic heterocycles. The zero-order valence-corrected chi connectivity index (χ0v) is 44.2. The van der Waals surface area contributed by atoms with E-state index < -0.39 is 12.1 Å². The van der Waals surface area contributed by atoms with Gasteiger partial charge in [-0.2, -0.15) is 0 Å². The zero-order valence-electron chi connectivity index (χ0n) is 44.2. The van der Waals surface area contributed by atoms with Crippen molar-refractivity contribution in [1.82, 2.24) is 5.32 Å². The smallest absolute Gasteiger partial charge is 0.305 e. The first-order valence-electron chi connectivity index (χ1n) is 29.2. The minimum atomic E-state index is -0.676. The minimum Gasteiger partial charge on any atom is -0.466 e. The molecule has 2 atom stereocenters. The van der Waals surface area contributed by atoms with Crippen LogP contribution in [0.4, 0.5) is 0 Å². The highest BCUT2D eigenvalue weighted by Crippen LogP contribution is 2.17.